The lowest BCUT2D eigenvalue weighted by atomic mass is 10.1. The molecule has 0 atom stereocenters. The van der Waals surface area contributed by atoms with Gasteiger partial charge >= 0.3 is 11.9 Å². The first-order chi connectivity index (χ1) is 58.7. The second-order valence-electron chi connectivity index (χ2n) is 32.1. The zero-order valence-electron chi connectivity index (χ0n) is 73.6. The summed E-state index contributed by atoms with van der Waals surface area (Å²) in [6, 6.07) is 51.4. The number of rotatable bonds is 63. The number of carbonyl (C=O) groups excluding carboxylic acids is 2. The number of ether oxygens (including phenoxy) is 8. The number of carbonyl (C=O) groups is 2. The molecule has 0 aliphatic rings. The molecule has 0 aromatic heterocycles. The van der Waals surface area contributed by atoms with Gasteiger partial charge in [-0.25, -0.2) is 0 Å². The Bertz CT molecular complexity index is 3920. The summed E-state index contributed by atoms with van der Waals surface area (Å²) in [5, 5.41) is 0. The lowest BCUT2D eigenvalue weighted by molar-refractivity contribution is -0.146. The molecule has 0 unspecified atom stereocenters. The average molecular weight is 1610 g/mol. The zero-order chi connectivity index (χ0) is 83.6. The van der Waals surface area contributed by atoms with Crippen molar-refractivity contribution in [2.45, 2.75) is 330 Å². The minimum Gasteiger partial charge on any atom is -0.493 e. The second kappa shape index (κ2) is 64.4. The summed E-state index contributed by atoms with van der Waals surface area (Å²) in [6.07, 6.45) is 51.7. The van der Waals surface area contributed by atoms with Crippen LogP contribution >= 0.6 is 0 Å². The molecule has 0 saturated heterocycles. The van der Waals surface area contributed by atoms with Crippen molar-refractivity contribution < 1.29 is 47.5 Å². The van der Waals surface area contributed by atoms with Gasteiger partial charge in [0.1, 0.15) is 47.7 Å². The van der Waals surface area contributed by atoms with E-state index in [9.17, 15) is 9.59 Å². The van der Waals surface area contributed by atoms with Crippen LogP contribution in [-0.2, 0) is 32.3 Å². The van der Waals surface area contributed by atoms with Crippen molar-refractivity contribution in [2.24, 2.45) is 0 Å². The van der Waals surface area contributed by atoms with E-state index in [4.69, 9.17) is 37.9 Å². The molecule has 0 aliphatic carbocycles. The summed E-state index contributed by atoms with van der Waals surface area (Å²) in [5.74, 6) is 30.1. The number of hydrogen-bond acceptors (Lipinski definition) is 10. The molecule has 7 aromatic carbocycles. The van der Waals surface area contributed by atoms with E-state index in [0.717, 1.165) is 119 Å². The molecule has 0 bridgehead atoms. The highest BCUT2D eigenvalue weighted by Gasteiger charge is 2.15. The Labute approximate surface area is 719 Å². The highest BCUT2D eigenvalue weighted by molar-refractivity contribution is 5.70. The van der Waals surface area contributed by atoms with Crippen LogP contribution in [-0.4, -0.2) is 51.6 Å². The van der Waals surface area contributed by atoms with E-state index in [1.54, 1.807) is 0 Å². The fourth-order valence-corrected chi connectivity index (χ4v) is 14.2. The first-order valence-corrected chi connectivity index (χ1v) is 46.7. The van der Waals surface area contributed by atoms with E-state index in [-0.39, 0.29) is 38.0 Å². The molecule has 7 aromatic rings. The van der Waals surface area contributed by atoms with Crippen molar-refractivity contribution >= 4 is 11.9 Å². The van der Waals surface area contributed by atoms with E-state index >= 15 is 0 Å². The summed E-state index contributed by atoms with van der Waals surface area (Å²) >= 11 is 0. The molecular formula is C109H144O10. The minimum atomic E-state index is -0.287. The summed E-state index contributed by atoms with van der Waals surface area (Å²) in [6.45, 7) is 12.4. The van der Waals surface area contributed by atoms with Crippen LogP contribution in [0.1, 0.15) is 372 Å². The van der Waals surface area contributed by atoms with Crippen LogP contribution in [0.25, 0.3) is 0 Å². The first-order valence-electron chi connectivity index (χ1n) is 46.7. The lowest BCUT2D eigenvalue weighted by Crippen LogP contribution is -2.08. The third-order valence-corrected chi connectivity index (χ3v) is 21.3. The SMILES string of the molecule is CCCCCCCCCCCCOc1cc(COC(=O)CCCCOc2cc(C#Cc3ccc(C#Cc4ccccc4)cc3)c(OCCCCC(=O)OCc3cc(OCCCCCCCCCCCC)cc(OCCCCCCCCCCCC)c3)cc2C#Cc2ccc(C#Cc3ccccc3)cc2)cc(OCCCCCCCCCCC)c1. The fraction of sp³-hybridized carbons (Fsp3) is 0.523. The Balaban J connectivity index is 1.01. The van der Waals surface area contributed by atoms with Gasteiger partial charge in [0.2, 0.25) is 0 Å². The molecule has 7 rings (SSSR count). The zero-order valence-corrected chi connectivity index (χ0v) is 73.6. The predicted molar refractivity (Wildman–Crippen MR) is 492 cm³/mol. The summed E-state index contributed by atoms with van der Waals surface area (Å²) in [5.41, 5.74) is 8.12. The Morgan fingerprint density at radius 2 is 0.445 bits per heavy atom. The topological polar surface area (TPSA) is 108 Å². The van der Waals surface area contributed by atoms with Gasteiger partial charge in [-0.05, 0) is 160 Å². The number of esters is 2. The van der Waals surface area contributed by atoms with Gasteiger partial charge in [0.15, 0.2) is 0 Å². The lowest BCUT2D eigenvalue weighted by Gasteiger charge is -2.14. The molecule has 0 amide bonds. The summed E-state index contributed by atoms with van der Waals surface area (Å²) < 4.78 is 50.7. The predicted octanol–water partition coefficient (Wildman–Crippen LogP) is 28.7. The molecule has 10 heteroatoms. The van der Waals surface area contributed by atoms with Crippen molar-refractivity contribution in [3.63, 3.8) is 0 Å². The first kappa shape index (κ1) is 96.6. The van der Waals surface area contributed by atoms with Gasteiger partial charge in [-0.3, -0.25) is 9.59 Å². The van der Waals surface area contributed by atoms with Gasteiger partial charge in [0.05, 0.1) is 50.8 Å². The average Bonchev–Trinajstić information content (AvgIpc) is 0.807. The number of benzene rings is 7. The van der Waals surface area contributed by atoms with Crippen LogP contribution in [0.3, 0.4) is 0 Å². The number of unbranched alkanes of at least 4 members (excludes halogenated alkanes) is 37. The maximum Gasteiger partial charge on any atom is 0.306 e. The van der Waals surface area contributed by atoms with Crippen LogP contribution in [0.5, 0.6) is 34.5 Å². The standard InChI is InChI=1S/C109H144O10/c1-5-9-13-17-21-25-29-33-37-49-77-113-103-83-98(82-102(88-103)112-76-48-36-32-28-24-20-16-12-8-4)90-118-108(110)58-46-52-80-116-106-86-101(75-73-97-70-66-95(67-71-97)63-61-93-56-44-41-45-57-93)107(87-100(106)74-72-96-68-64-94(65-69-96)62-60-92-54-42-40-43-55-92)117-81-53-47-59-109(111)119-91-99-84-104(114-78-50-38-34-30-26-22-18-14-10-6-2)89-105(85-99)115-79-51-39-35-31-27-23-19-15-11-7-3/h40-45,54-57,64-71,82-89H,5-39,46-53,58-59,76-81,90-91H2,1-4H3. The molecular weight excluding hydrogens is 1470 g/mol. The molecule has 0 fully saturated rings. The van der Waals surface area contributed by atoms with E-state index in [1.807, 2.05) is 158 Å². The Morgan fingerprint density at radius 3 is 0.706 bits per heavy atom. The maximum absolute atomic E-state index is 13.6. The van der Waals surface area contributed by atoms with E-state index in [1.165, 1.54) is 199 Å². The minimum absolute atomic E-state index is 0.116. The molecule has 10 nitrogen and oxygen atoms in total. The van der Waals surface area contributed by atoms with Crippen LogP contribution in [0.15, 0.2) is 158 Å². The van der Waals surface area contributed by atoms with Crippen LogP contribution in [0.4, 0.5) is 0 Å². The fourth-order valence-electron chi connectivity index (χ4n) is 14.2. The van der Waals surface area contributed by atoms with Gasteiger partial charge in [-0.2, -0.15) is 0 Å². The van der Waals surface area contributed by atoms with Crippen LogP contribution < -0.4 is 28.4 Å². The Kier molecular flexibility index (Phi) is 52.3. The quantitative estimate of drug-likeness (QED) is 0.0208. The molecule has 0 heterocycles. The maximum atomic E-state index is 13.6. The van der Waals surface area contributed by atoms with Gasteiger partial charge in [-0.15, -0.1) is 0 Å². The van der Waals surface area contributed by atoms with Gasteiger partial charge < -0.3 is 37.9 Å². The van der Waals surface area contributed by atoms with Crippen molar-refractivity contribution in [3.8, 4) is 81.9 Å². The van der Waals surface area contributed by atoms with Crippen molar-refractivity contribution in [1.82, 2.24) is 0 Å². The summed E-state index contributed by atoms with van der Waals surface area (Å²) in [4.78, 5) is 27.1. The molecule has 0 N–H and O–H groups in total. The molecule has 0 spiro atoms. The Hall–Kier alpha value is -9.48. The monoisotopic (exact) mass is 1610 g/mol. The molecule has 0 radical (unpaired) electrons. The third kappa shape index (κ3) is 46.1. The third-order valence-electron chi connectivity index (χ3n) is 21.3. The van der Waals surface area contributed by atoms with Crippen molar-refractivity contribution in [3.05, 3.63) is 213 Å². The highest BCUT2D eigenvalue weighted by atomic mass is 16.5. The van der Waals surface area contributed by atoms with Crippen LogP contribution in [0, 0.1) is 47.4 Å². The second-order valence-corrected chi connectivity index (χ2v) is 32.1. The molecule has 0 aliphatic heterocycles. The molecule has 640 valence electrons. The van der Waals surface area contributed by atoms with Gasteiger partial charge in [0.25, 0.3) is 0 Å². The summed E-state index contributed by atoms with van der Waals surface area (Å²) in [7, 11) is 0. The van der Waals surface area contributed by atoms with E-state index in [2.05, 4.69) is 75.1 Å². The Morgan fingerprint density at radius 1 is 0.227 bits per heavy atom. The molecule has 0 saturated carbocycles. The normalized spacial score (nSPS) is 10.8. The van der Waals surface area contributed by atoms with E-state index < -0.39 is 0 Å². The van der Waals surface area contributed by atoms with E-state index in [0.29, 0.717) is 88.0 Å². The van der Waals surface area contributed by atoms with Crippen molar-refractivity contribution in [2.75, 3.05) is 39.6 Å². The van der Waals surface area contributed by atoms with Gasteiger partial charge in [0, 0.05) is 70.5 Å². The molecule has 119 heavy (non-hydrogen) atoms. The smallest absolute Gasteiger partial charge is 0.306 e. The van der Waals surface area contributed by atoms with Crippen LogP contribution in [0.2, 0.25) is 0 Å². The van der Waals surface area contributed by atoms with Crippen molar-refractivity contribution in [1.29, 1.82) is 0 Å². The largest absolute Gasteiger partial charge is 0.493 e. The van der Waals surface area contributed by atoms with Gasteiger partial charge in [-0.1, -0.05) is 336 Å². The number of hydrogen-bond donors (Lipinski definition) is 0. The highest BCUT2D eigenvalue weighted by Crippen LogP contribution is 2.32.